The molecule has 0 saturated heterocycles. The van der Waals surface area contributed by atoms with Gasteiger partial charge in [-0.25, -0.2) is 0 Å². The molecule has 0 bridgehead atoms. The summed E-state index contributed by atoms with van der Waals surface area (Å²) in [5.74, 6) is 0.424. The molecule has 0 aliphatic rings. The van der Waals surface area contributed by atoms with Crippen molar-refractivity contribution in [3.05, 3.63) is 52.8 Å². The summed E-state index contributed by atoms with van der Waals surface area (Å²) in [7, 11) is 0. The lowest BCUT2D eigenvalue weighted by atomic mass is 10.1. The van der Waals surface area contributed by atoms with Gasteiger partial charge in [0.2, 0.25) is 5.91 Å². The van der Waals surface area contributed by atoms with E-state index in [1.165, 1.54) is 0 Å². The molecule has 0 aliphatic heterocycles. The Bertz CT molecular complexity index is 646. The Kier molecular flexibility index (Phi) is 5.36. The zero-order valence-corrected chi connectivity index (χ0v) is 13.9. The van der Waals surface area contributed by atoms with Crippen LogP contribution >= 0.6 is 0 Å². The second kappa shape index (κ2) is 7.25. The van der Waals surface area contributed by atoms with Crippen LogP contribution in [0.25, 0.3) is 0 Å². The molecule has 0 saturated carbocycles. The molecule has 1 heterocycles. The second-order valence-electron chi connectivity index (χ2n) is 6.12. The Labute approximate surface area is 132 Å². The molecule has 1 atom stereocenters. The van der Waals surface area contributed by atoms with Gasteiger partial charge in [0.1, 0.15) is 0 Å². The van der Waals surface area contributed by atoms with E-state index < -0.39 is 0 Å². The summed E-state index contributed by atoms with van der Waals surface area (Å²) in [6.45, 7) is 9.72. The fraction of sp³-hybridized carbons (Fsp3) is 0.444. The van der Waals surface area contributed by atoms with Crippen LogP contribution in [0.5, 0.6) is 0 Å². The van der Waals surface area contributed by atoms with Gasteiger partial charge in [0.15, 0.2) is 0 Å². The number of carbonyl (C=O) groups is 1. The van der Waals surface area contributed by atoms with Crippen LogP contribution in [0.3, 0.4) is 0 Å². The van der Waals surface area contributed by atoms with Crippen LogP contribution in [0.4, 0.5) is 0 Å². The molecule has 22 heavy (non-hydrogen) atoms. The van der Waals surface area contributed by atoms with Crippen LogP contribution in [-0.4, -0.2) is 22.2 Å². The first-order valence-corrected chi connectivity index (χ1v) is 7.78. The van der Waals surface area contributed by atoms with Gasteiger partial charge < -0.3 is 5.32 Å². The molecule has 1 aromatic heterocycles. The van der Waals surface area contributed by atoms with Crippen molar-refractivity contribution in [2.45, 2.75) is 40.7 Å². The Balaban J connectivity index is 1.81. The maximum Gasteiger partial charge on any atom is 0.224 e. The van der Waals surface area contributed by atoms with Gasteiger partial charge in [-0.05, 0) is 43.9 Å². The number of rotatable bonds is 6. The van der Waals surface area contributed by atoms with Crippen LogP contribution in [0, 0.1) is 26.7 Å². The molecule has 0 aliphatic carbocycles. The van der Waals surface area contributed by atoms with Gasteiger partial charge >= 0.3 is 0 Å². The van der Waals surface area contributed by atoms with Crippen molar-refractivity contribution in [1.29, 1.82) is 0 Å². The predicted molar refractivity (Wildman–Crippen MR) is 88.8 cm³/mol. The fourth-order valence-corrected chi connectivity index (χ4v) is 2.55. The van der Waals surface area contributed by atoms with Crippen LogP contribution in [-0.2, 0) is 17.8 Å². The molecule has 0 spiro atoms. The predicted octanol–water partition coefficient (Wildman–Crippen LogP) is 2.80. The molecule has 1 amide bonds. The van der Waals surface area contributed by atoms with Crippen molar-refractivity contribution in [2.75, 3.05) is 6.54 Å². The number of aryl methyl sites for hydroxylation is 3. The van der Waals surface area contributed by atoms with Gasteiger partial charge in [-0.1, -0.05) is 31.2 Å². The first-order valence-electron chi connectivity index (χ1n) is 7.78. The van der Waals surface area contributed by atoms with Crippen molar-refractivity contribution in [1.82, 2.24) is 15.1 Å². The quantitative estimate of drug-likeness (QED) is 0.891. The Morgan fingerprint density at radius 2 is 2.00 bits per heavy atom. The van der Waals surface area contributed by atoms with Gasteiger partial charge in [0, 0.05) is 18.8 Å². The SMILES string of the molecule is Cc1cc(C)n(C[C@@H](C)CNC(=O)Cc2ccccc2C)n1. The van der Waals surface area contributed by atoms with Crippen molar-refractivity contribution in [3.63, 3.8) is 0 Å². The first-order chi connectivity index (χ1) is 10.5. The normalized spacial score (nSPS) is 12.2. The van der Waals surface area contributed by atoms with E-state index >= 15 is 0 Å². The number of nitrogens with one attached hydrogen (secondary N) is 1. The summed E-state index contributed by atoms with van der Waals surface area (Å²) in [5.41, 5.74) is 4.45. The van der Waals surface area contributed by atoms with E-state index in [1.54, 1.807) is 0 Å². The summed E-state index contributed by atoms with van der Waals surface area (Å²) in [4.78, 5) is 12.1. The molecule has 118 valence electrons. The third kappa shape index (κ3) is 4.45. The van der Waals surface area contributed by atoms with E-state index in [2.05, 4.69) is 30.3 Å². The summed E-state index contributed by atoms with van der Waals surface area (Å²) in [5, 5.41) is 7.49. The van der Waals surface area contributed by atoms with Gasteiger partial charge in [0.25, 0.3) is 0 Å². The summed E-state index contributed by atoms with van der Waals surface area (Å²) in [6, 6.07) is 10.1. The molecule has 1 N–H and O–H groups in total. The van der Waals surface area contributed by atoms with E-state index in [1.807, 2.05) is 42.8 Å². The minimum atomic E-state index is 0.0783. The molecule has 0 unspecified atom stereocenters. The highest BCUT2D eigenvalue weighted by molar-refractivity contribution is 5.78. The van der Waals surface area contributed by atoms with Gasteiger partial charge in [-0.2, -0.15) is 5.10 Å². The average Bonchev–Trinajstić information content (AvgIpc) is 2.77. The first kappa shape index (κ1) is 16.3. The Morgan fingerprint density at radius 3 is 2.64 bits per heavy atom. The van der Waals surface area contributed by atoms with Crippen LogP contribution in [0.2, 0.25) is 0 Å². The summed E-state index contributed by atoms with van der Waals surface area (Å²) >= 11 is 0. The molecule has 1 aromatic carbocycles. The summed E-state index contributed by atoms with van der Waals surface area (Å²) in [6.07, 6.45) is 0.444. The standard InChI is InChI=1S/C18H25N3O/c1-13(12-21-16(4)9-15(3)20-21)11-19-18(22)10-17-8-6-5-7-14(17)2/h5-9,13H,10-12H2,1-4H3,(H,19,22)/t13-/m0/s1. The molecular formula is C18H25N3O. The number of hydrogen-bond acceptors (Lipinski definition) is 2. The number of aromatic nitrogens is 2. The minimum Gasteiger partial charge on any atom is -0.355 e. The minimum absolute atomic E-state index is 0.0783. The molecule has 4 heteroatoms. The highest BCUT2D eigenvalue weighted by Crippen LogP contribution is 2.08. The topological polar surface area (TPSA) is 46.9 Å². The van der Waals surface area contributed by atoms with Crippen molar-refractivity contribution in [3.8, 4) is 0 Å². The third-order valence-electron chi connectivity index (χ3n) is 3.85. The number of carbonyl (C=O) groups excluding carboxylic acids is 1. The molecule has 0 fully saturated rings. The van der Waals surface area contributed by atoms with E-state index in [-0.39, 0.29) is 5.91 Å². The van der Waals surface area contributed by atoms with E-state index in [4.69, 9.17) is 0 Å². The van der Waals surface area contributed by atoms with Crippen molar-refractivity contribution >= 4 is 5.91 Å². The largest absolute Gasteiger partial charge is 0.355 e. The lowest BCUT2D eigenvalue weighted by Crippen LogP contribution is -2.31. The third-order valence-corrected chi connectivity index (χ3v) is 3.85. The lowest BCUT2D eigenvalue weighted by molar-refractivity contribution is -0.120. The lowest BCUT2D eigenvalue weighted by Gasteiger charge is -2.14. The molecular weight excluding hydrogens is 274 g/mol. The average molecular weight is 299 g/mol. The maximum atomic E-state index is 12.1. The van der Waals surface area contributed by atoms with E-state index in [0.717, 1.165) is 29.1 Å². The van der Waals surface area contributed by atoms with E-state index in [9.17, 15) is 4.79 Å². The highest BCUT2D eigenvalue weighted by atomic mass is 16.1. The number of nitrogens with zero attached hydrogens (tertiary/aromatic N) is 2. The summed E-state index contributed by atoms with van der Waals surface area (Å²) < 4.78 is 2.01. The molecule has 0 radical (unpaired) electrons. The fourth-order valence-electron chi connectivity index (χ4n) is 2.55. The molecule has 2 rings (SSSR count). The zero-order valence-electron chi connectivity index (χ0n) is 13.9. The second-order valence-corrected chi connectivity index (χ2v) is 6.12. The van der Waals surface area contributed by atoms with Crippen LogP contribution < -0.4 is 5.32 Å². The Hall–Kier alpha value is -2.10. The van der Waals surface area contributed by atoms with Gasteiger partial charge in [-0.3, -0.25) is 9.48 Å². The Morgan fingerprint density at radius 1 is 1.27 bits per heavy atom. The van der Waals surface area contributed by atoms with Crippen LogP contribution in [0.1, 0.15) is 29.4 Å². The number of benzene rings is 1. The van der Waals surface area contributed by atoms with Gasteiger partial charge in [0.05, 0.1) is 12.1 Å². The molecule has 2 aromatic rings. The van der Waals surface area contributed by atoms with Crippen molar-refractivity contribution < 1.29 is 4.79 Å². The van der Waals surface area contributed by atoms with Crippen LogP contribution in [0.15, 0.2) is 30.3 Å². The smallest absolute Gasteiger partial charge is 0.224 e. The monoisotopic (exact) mass is 299 g/mol. The number of amides is 1. The van der Waals surface area contributed by atoms with Crippen molar-refractivity contribution in [2.24, 2.45) is 5.92 Å². The molecule has 4 nitrogen and oxygen atoms in total. The number of hydrogen-bond donors (Lipinski definition) is 1. The van der Waals surface area contributed by atoms with Gasteiger partial charge in [-0.15, -0.1) is 0 Å². The van der Waals surface area contributed by atoms with E-state index in [0.29, 0.717) is 18.9 Å². The zero-order chi connectivity index (χ0) is 16.1. The highest BCUT2D eigenvalue weighted by Gasteiger charge is 2.10. The maximum absolute atomic E-state index is 12.1.